The zero-order chi connectivity index (χ0) is 12.2. The Labute approximate surface area is 98.4 Å². The molecule has 1 aromatic rings. The summed E-state index contributed by atoms with van der Waals surface area (Å²) in [6, 6.07) is 4.03. The lowest BCUT2D eigenvalue weighted by atomic mass is 9.91. The van der Waals surface area contributed by atoms with Gasteiger partial charge in [0.2, 0.25) is 0 Å². The average molecular weight is 236 g/mol. The van der Waals surface area contributed by atoms with Crippen molar-refractivity contribution in [3.63, 3.8) is 0 Å². The summed E-state index contributed by atoms with van der Waals surface area (Å²) >= 11 is 0. The Morgan fingerprint density at radius 3 is 3.12 bits per heavy atom. The van der Waals surface area contributed by atoms with Gasteiger partial charge in [-0.2, -0.15) is 0 Å². The van der Waals surface area contributed by atoms with Crippen molar-refractivity contribution in [2.24, 2.45) is 0 Å². The number of hydrogen-bond donors (Lipinski definition) is 1. The van der Waals surface area contributed by atoms with Crippen molar-refractivity contribution in [1.82, 2.24) is 10.2 Å². The van der Waals surface area contributed by atoms with Crippen LogP contribution in [-0.2, 0) is 0 Å². The highest BCUT2D eigenvalue weighted by Crippen LogP contribution is 2.43. The zero-order valence-electron chi connectivity index (χ0n) is 9.66. The number of carbonyl (C=O) groups excluding carboxylic acids is 1. The first kappa shape index (κ1) is 10.4. The molecule has 0 spiro atoms. The van der Waals surface area contributed by atoms with Crippen LogP contribution in [0.5, 0.6) is 5.75 Å². The lowest BCUT2D eigenvalue weighted by molar-refractivity contribution is -0.0720. The Balaban J connectivity index is 2.11. The molecule has 2 heterocycles. The van der Waals surface area contributed by atoms with Crippen molar-refractivity contribution in [1.29, 1.82) is 0 Å². The number of urea groups is 1. The maximum absolute atomic E-state index is 13.2. The predicted molar refractivity (Wildman–Crippen MR) is 59.1 cm³/mol. The number of amides is 2. The van der Waals surface area contributed by atoms with Gasteiger partial charge in [0.25, 0.3) is 0 Å². The molecule has 0 saturated carbocycles. The summed E-state index contributed by atoms with van der Waals surface area (Å²) in [5, 5.41) is 2.85. The van der Waals surface area contributed by atoms with Crippen molar-refractivity contribution in [2.45, 2.75) is 25.1 Å². The number of benzene rings is 1. The molecule has 2 atom stereocenters. The number of halogens is 1. The molecule has 4 nitrogen and oxygen atoms in total. The van der Waals surface area contributed by atoms with E-state index in [1.807, 2.05) is 6.92 Å². The molecule has 1 aromatic carbocycles. The van der Waals surface area contributed by atoms with Gasteiger partial charge in [0.05, 0.1) is 6.04 Å². The monoisotopic (exact) mass is 236 g/mol. The van der Waals surface area contributed by atoms with E-state index in [2.05, 4.69) is 5.32 Å². The van der Waals surface area contributed by atoms with Crippen molar-refractivity contribution in [3.8, 4) is 5.75 Å². The number of nitrogens with one attached hydrogen (secondary N) is 1. The molecule has 1 fully saturated rings. The number of carbonyl (C=O) groups is 1. The first-order chi connectivity index (χ1) is 7.99. The molecule has 17 heavy (non-hydrogen) atoms. The van der Waals surface area contributed by atoms with Crippen LogP contribution < -0.4 is 10.1 Å². The molecule has 3 rings (SSSR count). The second-order valence-electron chi connectivity index (χ2n) is 4.72. The van der Waals surface area contributed by atoms with Crippen LogP contribution in [0.2, 0.25) is 0 Å². The standard InChI is InChI=1S/C12H13FN2O2/c1-12-6-9(14-11(16)15(12)2)8-5-7(13)3-4-10(8)17-12/h3-5,9H,6H2,1-2H3,(H,14,16). The van der Waals surface area contributed by atoms with E-state index >= 15 is 0 Å². The summed E-state index contributed by atoms with van der Waals surface area (Å²) in [5.41, 5.74) is 0.0570. The molecule has 0 radical (unpaired) electrons. The van der Waals surface area contributed by atoms with E-state index in [1.54, 1.807) is 13.1 Å². The maximum atomic E-state index is 13.2. The van der Waals surface area contributed by atoms with Gasteiger partial charge >= 0.3 is 6.03 Å². The number of nitrogens with zero attached hydrogens (tertiary/aromatic N) is 1. The third kappa shape index (κ3) is 1.38. The van der Waals surface area contributed by atoms with Gasteiger partial charge in [-0.3, -0.25) is 4.90 Å². The SMILES string of the molecule is CN1C(=O)NC2CC1(C)Oc1ccc(F)cc12. The van der Waals surface area contributed by atoms with Crippen molar-refractivity contribution >= 4 is 6.03 Å². The molecule has 1 saturated heterocycles. The minimum absolute atomic E-state index is 0.178. The van der Waals surface area contributed by atoms with Crippen LogP contribution >= 0.6 is 0 Å². The summed E-state index contributed by atoms with van der Waals surface area (Å²) in [6.07, 6.45) is 0.617. The Bertz CT molecular complexity index is 505. The highest BCUT2D eigenvalue weighted by atomic mass is 19.1. The smallest absolute Gasteiger partial charge is 0.320 e. The van der Waals surface area contributed by atoms with Crippen LogP contribution in [0.3, 0.4) is 0 Å². The topological polar surface area (TPSA) is 41.6 Å². The van der Waals surface area contributed by atoms with Crippen LogP contribution in [0.4, 0.5) is 9.18 Å². The largest absolute Gasteiger partial charge is 0.468 e. The Morgan fingerprint density at radius 2 is 2.35 bits per heavy atom. The summed E-state index contributed by atoms with van der Waals surface area (Å²) in [5.74, 6) is 0.320. The molecular formula is C12H13FN2O2. The Kier molecular flexibility index (Phi) is 1.91. The first-order valence-corrected chi connectivity index (χ1v) is 5.52. The van der Waals surface area contributed by atoms with Crippen LogP contribution in [0.15, 0.2) is 18.2 Å². The van der Waals surface area contributed by atoms with Crippen LogP contribution in [0.25, 0.3) is 0 Å². The molecular weight excluding hydrogens is 223 g/mol. The maximum Gasteiger partial charge on any atom is 0.320 e. The summed E-state index contributed by atoms with van der Waals surface area (Å²) < 4.78 is 19.0. The minimum atomic E-state index is -0.655. The first-order valence-electron chi connectivity index (χ1n) is 5.52. The highest BCUT2D eigenvalue weighted by molar-refractivity contribution is 5.77. The van der Waals surface area contributed by atoms with E-state index in [-0.39, 0.29) is 17.9 Å². The highest BCUT2D eigenvalue weighted by Gasteiger charge is 2.47. The van der Waals surface area contributed by atoms with Gasteiger partial charge in [-0.1, -0.05) is 0 Å². The van der Waals surface area contributed by atoms with E-state index in [0.29, 0.717) is 17.7 Å². The lowest BCUT2D eigenvalue weighted by Crippen LogP contribution is -2.63. The quantitative estimate of drug-likeness (QED) is 0.748. The van der Waals surface area contributed by atoms with E-state index in [4.69, 9.17) is 4.74 Å². The van der Waals surface area contributed by atoms with Crippen LogP contribution in [-0.4, -0.2) is 23.7 Å². The number of hydrogen-bond acceptors (Lipinski definition) is 2. The molecule has 1 N–H and O–H groups in total. The Hall–Kier alpha value is -1.78. The van der Waals surface area contributed by atoms with Gasteiger partial charge in [0.15, 0.2) is 5.72 Å². The van der Waals surface area contributed by atoms with Gasteiger partial charge < -0.3 is 10.1 Å². The summed E-state index contributed by atoms with van der Waals surface area (Å²) in [7, 11) is 1.69. The van der Waals surface area contributed by atoms with Crippen molar-refractivity contribution < 1.29 is 13.9 Å². The lowest BCUT2D eigenvalue weighted by Gasteiger charge is -2.49. The van der Waals surface area contributed by atoms with Crippen LogP contribution in [0.1, 0.15) is 24.9 Å². The summed E-state index contributed by atoms with van der Waals surface area (Å²) in [6.45, 7) is 1.87. The molecule has 2 aliphatic heterocycles. The van der Waals surface area contributed by atoms with Gasteiger partial charge in [-0.05, 0) is 25.1 Å². The van der Waals surface area contributed by atoms with E-state index < -0.39 is 5.72 Å². The molecule has 2 bridgehead atoms. The number of rotatable bonds is 0. The van der Waals surface area contributed by atoms with Gasteiger partial charge in [-0.25, -0.2) is 9.18 Å². The number of fused-ring (bicyclic) bond motifs is 4. The molecule has 90 valence electrons. The molecule has 2 unspecified atom stereocenters. The zero-order valence-corrected chi connectivity index (χ0v) is 9.66. The minimum Gasteiger partial charge on any atom is -0.468 e. The van der Waals surface area contributed by atoms with Crippen molar-refractivity contribution in [3.05, 3.63) is 29.6 Å². The molecule has 2 aliphatic rings. The van der Waals surface area contributed by atoms with Crippen molar-refractivity contribution in [2.75, 3.05) is 7.05 Å². The Morgan fingerprint density at radius 1 is 1.59 bits per heavy atom. The van der Waals surface area contributed by atoms with Crippen LogP contribution in [0, 0.1) is 5.82 Å². The fraction of sp³-hybridized carbons (Fsp3) is 0.417. The third-order valence-corrected chi connectivity index (χ3v) is 3.57. The molecule has 2 amide bonds. The fourth-order valence-corrected chi connectivity index (χ4v) is 2.45. The van der Waals surface area contributed by atoms with E-state index in [9.17, 15) is 9.18 Å². The fourth-order valence-electron chi connectivity index (χ4n) is 2.45. The summed E-state index contributed by atoms with van der Waals surface area (Å²) in [4.78, 5) is 13.3. The number of ether oxygens (including phenoxy) is 1. The van der Waals surface area contributed by atoms with Gasteiger partial charge in [-0.15, -0.1) is 0 Å². The second kappa shape index (κ2) is 3.12. The third-order valence-electron chi connectivity index (χ3n) is 3.57. The molecule has 0 aliphatic carbocycles. The average Bonchev–Trinajstić information content (AvgIpc) is 2.27. The normalized spacial score (nSPS) is 30.4. The van der Waals surface area contributed by atoms with E-state index in [0.717, 1.165) is 0 Å². The van der Waals surface area contributed by atoms with Gasteiger partial charge in [0, 0.05) is 19.0 Å². The second-order valence-corrected chi connectivity index (χ2v) is 4.72. The molecule has 0 aromatic heterocycles. The van der Waals surface area contributed by atoms with E-state index in [1.165, 1.54) is 17.0 Å². The van der Waals surface area contributed by atoms with Gasteiger partial charge in [0.1, 0.15) is 11.6 Å². The molecule has 5 heteroatoms. The predicted octanol–water partition coefficient (Wildman–Crippen LogP) is 2.02.